The quantitative estimate of drug-likeness (QED) is 0.282. The van der Waals surface area contributed by atoms with Crippen LogP contribution in [0.4, 0.5) is 0 Å². The number of hydrogen-bond acceptors (Lipinski definition) is 6. The fourth-order valence-corrected chi connectivity index (χ4v) is 0.968. The van der Waals surface area contributed by atoms with Crippen molar-refractivity contribution >= 4 is 5.91 Å². The summed E-state index contributed by atoms with van der Waals surface area (Å²) >= 11 is 0. The van der Waals surface area contributed by atoms with Crippen molar-refractivity contribution in [3.8, 4) is 5.88 Å². The molecule has 7 nitrogen and oxygen atoms in total. The predicted octanol–water partition coefficient (Wildman–Crippen LogP) is -0.994. The zero-order valence-corrected chi connectivity index (χ0v) is 9.20. The minimum Gasteiger partial charge on any atom is -0.460 e. The summed E-state index contributed by atoms with van der Waals surface area (Å²) in [5.41, 5.74) is 10.9. The molecule has 1 aromatic rings. The molecule has 0 aromatic carbocycles. The summed E-state index contributed by atoms with van der Waals surface area (Å²) in [4.78, 5) is 15.3. The maximum Gasteiger partial charge on any atom is 0.266 e. The summed E-state index contributed by atoms with van der Waals surface area (Å²) in [5, 5.41) is 0. The van der Waals surface area contributed by atoms with Gasteiger partial charge in [-0.3, -0.25) is 15.6 Å². The van der Waals surface area contributed by atoms with Crippen molar-refractivity contribution in [2.75, 3.05) is 20.8 Å². The van der Waals surface area contributed by atoms with Crippen molar-refractivity contribution in [1.29, 1.82) is 0 Å². The first-order valence-electron chi connectivity index (χ1n) is 4.73. The van der Waals surface area contributed by atoms with Crippen LogP contribution in [0.25, 0.3) is 0 Å². The lowest BCUT2D eigenvalue weighted by Crippen LogP contribution is -2.34. The number of pyridine rings is 1. The van der Waals surface area contributed by atoms with E-state index in [1.807, 2.05) is 0 Å². The molecule has 1 aromatic heterocycles. The number of nitrogens with one attached hydrogen (secondary N) is 4. The van der Waals surface area contributed by atoms with Gasteiger partial charge < -0.3 is 4.74 Å². The normalized spacial score (nSPS) is 9.88. The lowest BCUT2D eigenvalue weighted by Gasteiger charge is -2.06. The number of rotatable bonds is 6. The minimum absolute atomic E-state index is 0.241. The van der Waals surface area contributed by atoms with E-state index in [1.54, 1.807) is 26.2 Å². The van der Waals surface area contributed by atoms with E-state index in [0.29, 0.717) is 18.2 Å². The molecule has 7 heteroatoms. The first kappa shape index (κ1) is 12.4. The fourth-order valence-electron chi connectivity index (χ4n) is 0.968. The van der Waals surface area contributed by atoms with Crippen molar-refractivity contribution in [2.24, 2.45) is 0 Å². The molecule has 0 aliphatic carbocycles. The molecule has 1 rings (SSSR count). The molecule has 0 saturated heterocycles. The van der Waals surface area contributed by atoms with Crippen LogP contribution >= 0.6 is 0 Å². The molecule has 1 heterocycles. The van der Waals surface area contributed by atoms with E-state index in [4.69, 9.17) is 4.74 Å². The molecular formula is C9H15N5O2. The second kappa shape index (κ2) is 6.72. The van der Waals surface area contributed by atoms with Crippen LogP contribution in [-0.2, 0) is 0 Å². The van der Waals surface area contributed by atoms with Crippen molar-refractivity contribution in [3.63, 3.8) is 0 Å². The summed E-state index contributed by atoms with van der Waals surface area (Å²) in [6.07, 6.45) is 1.45. The molecule has 1 amide bonds. The number of ether oxygens (including phenoxy) is 1. The molecule has 4 N–H and O–H groups in total. The molecule has 0 saturated carbocycles. The van der Waals surface area contributed by atoms with Crippen molar-refractivity contribution in [1.82, 2.24) is 26.7 Å². The predicted molar refractivity (Wildman–Crippen MR) is 58.5 cm³/mol. The summed E-state index contributed by atoms with van der Waals surface area (Å²) in [6.45, 7) is 0.297. The number of nitrogens with zero attached hydrogens (tertiary/aromatic N) is 1. The van der Waals surface area contributed by atoms with Gasteiger partial charge in [0.2, 0.25) is 5.88 Å². The van der Waals surface area contributed by atoms with Gasteiger partial charge in [-0.1, -0.05) is 0 Å². The molecule has 0 spiro atoms. The van der Waals surface area contributed by atoms with Crippen LogP contribution in [-0.4, -0.2) is 31.7 Å². The Morgan fingerprint density at radius 1 is 1.38 bits per heavy atom. The second-order valence-corrected chi connectivity index (χ2v) is 2.80. The van der Waals surface area contributed by atoms with Gasteiger partial charge in [-0.05, 0) is 13.1 Å². The van der Waals surface area contributed by atoms with Gasteiger partial charge in [0.25, 0.3) is 5.91 Å². The first-order valence-corrected chi connectivity index (χ1v) is 4.73. The lowest BCUT2D eigenvalue weighted by atomic mass is 10.3. The number of carbonyl (C=O) groups is 1. The van der Waals surface area contributed by atoms with Gasteiger partial charge in [0.15, 0.2) is 6.73 Å². The zero-order valence-electron chi connectivity index (χ0n) is 9.20. The van der Waals surface area contributed by atoms with E-state index in [0.717, 1.165) is 0 Å². The van der Waals surface area contributed by atoms with Crippen LogP contribution in [0.15, 0.2) is 18.3 Å². The van der Waals surface area contributed by atoms with Crippen molar-refractivity contribution in [2.45, 2.75) is 0 Å². The minimum atomic E-state index is -0.241. The van der Waals surface area contributed by atoms with E-state index in [2.05, 4.69) is 26.7 Å². The van der Waals surface area contributed by atoms with E-state index < -0.39 is 0 Å². The van der Waals surface area contributed by atoms with Gasteiger partial charge in [-0.2, -0.15) is 0 Å². The van der Waals surface area contributed by atoms with Crippen LogP contribution in [0.2, 0.25) is 0 Å². The van der Waals surface area contributed by atoms with Gasteiger partial charge in [0, 0.05) is 19.3 Å². The SMILES string of the molecule is CNNCOc1ccc(C(=O)NNC)cn1. The third-order valence-corrected chi connectivity index (χ3v) is 1.71. The van der Waals surface area contributed by atoms with Crippen LogP contribution in [0.3, 0.4) is 0 Å². The average Bonchev–Trinajstić information content (AvgIpc) is 2.30. The third-order valence-electron chi connectivity index (χ3n) is 1.71. The smallest absolute Gasteiger partial charge is 0.266 e. The summed E-state index contributed by atoms with van der Waals surface area (Å²) < 4.78 is 5.21. The fraction of sp³-hybridized carbons (Fsp3) is 0.333. The topological polar surface area (TPSA) is 87.3 Å². The monoisotopic (exact) mass is 225 g/mol. The largest absolute Gasteiger partial charge is 0.460 e. The van der Waals surface area contributed by atoms with E-state index >= 15 is 0 Å². The van der Waals surface area contributed by atoms with Crippen LogP contribution < -0.4 is 26.4 Å². The molecule has 16 heavy (non-hydrogen) atoms. The van der Waals surface area contributed by atoms with Crippen molar-refractivity contribution in [3.05, 3.63) is 23.9 Å². The zero-order chi connectivity index (χ0) is 11.8. The Bertz CT molecular complexity index is 327. The van der Waals surface area contributed by atoms with E-state index in [9.17, 15) is 4.79 Å². The van der Waals surface area contributed by atoms with Gasteiger partial charge in [0.1, 0.15) is 0 Å². The highest BCUT2D eigenvalue weighted by atomic mass is 16.5. The highest BCUT2D eigenvalue weighted by Crippen LogP contribution is 2.06. The molecule has 88 valence electrons. The molecule has 0 aliphatic rings. The number of hydrogen-bond donors (Lipinski definition) is 4. The van der Waals surface area contributed by atoms with Gasteiger partial charge in [0.05, 0.1) is 5.56 Å². The van der Waals surface area contributed by atoms with Crippen molar-refractivity contribution < 1.29 is 9.53 Å². The highest BCUT2D eigenvalue weighted by molar-refractivity contribution is 5.93. The molecule has 0 radical (unpaired) electrons. The third kappa shape index (κ3) is 3.81. The Hall–Kier alpha value is -1.70. The number of hydrazine groups is 2. The molecular weight excluding hydrogens is 210 g/mol. The lowest BCUT2D eigenvalue weighted by molar-refractivity contribution is 0.0937. The molecule has 0 fully saturated rings. The Labute approximate surface area is 93.5 Å². The van der Waals surface area contributed by atoms with Crippen LogP contribution in [0.1, 0.15) is 10.4 Å². The summed E-state index contributed by atoms with van der Waals surface area (Å²) in [5.74, 6) is 0.207. The number of amides is 1. The molecule has 0 unspecified atom stereocenters. The van der Waals surface area contributed by atoms with Gasteiger partial charge in [-0.25, -0.2) is 15.8 Å². The first-order chi connectivity index (χ1) is 7.77. The highest BCUT2D eigenvalue weighted by Gasteiger charge is 2.04. The molecule has 0 bridgehead atoms. The van der Waals surface area contributed by atoms with E-state index in [-0.39, 0.29) is 5.91 Å². The maximum atomic E-state index is 11.3. The Morgan fingerprint density at radius 3 is 2.75 bits per heavy atom. The summed E-state index contributed by atoms with van der Waals surface area (Å²) in [6, 6.07) is 3.26. The van der Waals surface area contributed by atoms with Gasteiger partial charge >= 0.3 is 0 Å². The van der Waals surface area contributed by atoms with Crippen LogP contribution in [0, 0.1) is 0 Å². The number of aromatic nitrogens is 1. The average molecular weight is 225 g/mol. The molecule has 0 aliphatic heterocycles. The Kier molecular flexibility index (Phi) is 5.20. The Morgan fingerprint density at radius 2 is 2.19 bits per heavy atom. The molecule has 0 atom stereocenters. The standard InChI is InChI=1S/C9H15N5O2/c1-10-13-6-16-8-4-3-7(5-12-8)9(15)14-11-2/h3-5,10-11,13H,6H2,1-2H3,(H,14,15). The summed E-state index contributed by atoms with van der Waals surface area (Å²) in [7, 11) is 3.36. The van der Waals surface area contributed by atoms with Gasteiger partial charge in [-0.15, -0.1) is 0 Å². The maximum absolute atomic E-state index is 11.3. The number of carbonyl (C=O) groups excluding carboxylic acids is 1. The second-order valence-electron chi connectivity index (χ2n) is 2.80. The van der Waals surface area contributed by atoms with E-state index in [1.165, 1.54) is 6.20 Å². The Balaban J connectivity index is 2.50. The van der Waals surface area contributed by atoms with Crippen LogP contribution in [0.5, 0.6) is 5.88 Å².